The topological polar surface area (TPSA) is 76.9 Å². The van der Waals surface area contributed by atoms with Gasteiger partial charge in [0.1, 0.15) is 17.6 Å². The van der Waals surface area contributed by atoms with Gasteiger partial charge >= 0.3 is 0 Å². The summed E-state index contributed by atoms with van der Waals surface area (Å²) in [7, 11) is -3.88. The third-order valence-electron chi connectivity index (χ3n) is 3.60. The van der Waals surface area contributed by atoms with E-state index in [1.807, 2.05) is 24.3 Å². The molecule has 10 heteroatoms. The van der Waals surface area contributed by atoms with Crippen LogP contribution in [-0.2, 0) is 23.1 Å². The van der Waals surface area contributed by atoms with Crippen molar-refractivity contribution in [1.29, 1.82) is 0 Å². The van der Waals surface area contributed by atoms with Gasteiger partial charge in [0.15, 0.2) is 0 Å². The minimum absolute atomic E-state index is 0.0489. The van der Waals surface area contributed by atoms with E-state index in [0.717, 1.165) is 11.1 Å². The maximum atomic E-state index is 12.7. The third kappa shape index (κ3) is 4.44. The summed E-state index contributed by atoms with van der Waals surface area (Å²) in [6, 6.07) is 10.5. The van der Waals surface area contributed by atoms with Gasteiger partial charge in [0.2, 0.25) is 10.0 Å². The second-order valence-corrected chi connectivity index (χ2v) is 8.82. The zero-order valence-corrected chi connectivity index (χ0v) is 17.1. The molecule has 0 aliphatic heterocycles. The summed E-state index contributed by atoms with van der Waals surface area (Å²) in [5, 5.41) is 4.17. The van der Waals surface area contributed by atoms with Crippen LogP contribution in [0.1, 0.15) is 11.1 Å². The number of sulfonamides is 1. The maximum absolute atomic E-state index is 12.7. The van der Waals surface area contributed by atoms with E-state index in [-0.39, 0.29) is 21.5 Å². The summed E-state index contributed by atoms with van der Waals surface area (Å²) in [5.41, 5.74) is 1.74. The van der Waals surface area contributed by atoms with Crippen molar-refractivity contribution >= 4 is 49.2 Å². The van der Waals surface area contributed by atoms with E-state index in [4.69, 9.17) is 23.2 Å². The molecule has 26 heavy (non-hydrogen) atoms. The van der Waals surface area contributed by atoms with Gasteiger partial charge in [0.25, 0.3) is 0 Å². The Morgan fingerprint density at radius 3 is 2.38 bits per heavy atom. The van der Waals surface area contributed by atoms with Crippen LogP contribution in [-0.4, -0.2) is 23.2 Å². The molecule has 1 aromatic heterocycles. The van der Waals surface area contributed by atoms with Crippen LogP contribution in [0.25, 0.3) is 0 Å². The highest BCUT2D eigenvalue weighted by molar-refractivity contribution is 9.10. The lowest BCUT2D eigenvalue weighted by Crippen LogP contribution is -2.24. The van der Waals surface area contributed by atoms with Crippen molar-refractivity contribution in [3.8, 4) is 0 Å². The Morgan fingerprint density at radius 1 is 1.12 bits per heavy atom. The van der Waals surface area contributed by atoms with E-state index in [1.54, 1.807) is 11.0 Å². The third-order valence-corrected chi connectivity index (χ3v) is 6.38. The molecule has 0 fully saturated rings. The number of benzene rings is 2. The standard InChI is InChI=1S/C16H13BrCl2N4O2S/c17-13-5-14(18)16(15(19)6-13)26(24,25)22-7-11-3-1-2-4-12(11)8-23-10-20-9-21-23/h1-6,9-10,22H,7-8H2. The van der Waals surface area contributed by atoms with Crippen LogP contribution in [0.3, 0.4) is 0 Å². The Kier molecular flexibility index (Phi) is 5.99. The first-order chi connectivity index (χ1) is 12.4. The number of aromatic nitrogens is 3. The summed E-state index contributed by atoms with van der Waals surface area (Å²) < 4.78 is 30.1. The van der Waals surface area contributed by atoms with Crippen LogP contribution in [0.15, 0.2) is 58.4 Å². The Morgan fingerprint density at radius 2 is 1.77 bits per heavy atom. The van der Waals surface area contributed by atoms with Crippen molar-refractivity contribution in [2.75, 3.05) is 0 Å². The van der Waals surface area contributed by atoms with Gasteiger partial charge in [-0.25, -0.2) is 22.8 Å². The van der Waals surface area contributed by atoms with Gasteiger partial charge in [-0.2, -0.15) is 5.10 Å². The number of hydrogen-bond donors (Lipinski definition) is 1. The predicted octanol–water partition coefficient (Wildman–Crippen LogP) is 3.87. The van der Waals surface area contributed by atoms with E-state index in [9.17, 15) is 8.42 Å². The number of rotatable bonds is 6. The van der Waals surface area contributed by atoms with Crippen LogP contribution in [0.2, 0.25) is 10.0 Å². The predicted molar refractivity (Wildman–Crippen MR) is 104 cm³/mol. The zero-order chi connectivity index (χ0) is 18.7. The van der Waals surface area contributed by atoms with E-state index in [1.165, 1.54) is 18.5 Å². The monoisotopic (exact) mass is 474 g/mol. The normalized spacial score (nSPS) is 11.7. The fourth-order valence-corrected chi connectivity index (χ4v) is 5.34. The van der Waals surface area contributed by atoms with E-state index in [2.05, 4.69) is 30.7 Å². The SMILES string of the molecule is O=S(=O)(NCc1ccccc1Cn1cncn1)c1c(Cl)cc(Br)cc1Cl. The highest BCUT2D eigenvalue weighted by Crippen LogP contribution is 2.32. The summed E-state index contributed by atoms with van der Waals surface area (Å²) in [4.78, 5) is 3.77. The second-order valence-electron chi connectivity index (χ2n) is 5.38. The fraction of sp³-hybridized carbons (Fsp3) is 0.125. The number of hydrogen-bond acceptors (Lipinski definition) is 4. The zero-order valence-electron chi connectivity index (χ0n) is 13.2. The van der Waals surface area contributed by atoms with Crippen LogP contribution in [0.5, 0.6) is 0 Å². The van der Waals surface area contributed by atoms with Crippen LogP contribution < -0.4 is 4.72 Å². The Labute approximate surface area is 169 Å². The molecule has 1 N–H and O–H groups in total. The molecular formula is C16H13BrCl2N4O2S. The van der Waals surface area contributed by atoms with E-state index < -0.39 is 10.0 Å². The van der Waals surface area contributed by atoms with Crippen LogP contribution in [0.4, 0.5) is 0 Å². The lowest BCUT2D eigenvalue weighted by molar-refractivity contribution is 0.580. The van der Waals surface area contributed by atoms with Crippen LogP contribution in [0, 0.1) is 0 Å². The quantitative estimate of drug-likeness (QED) is 0.586. The molecule has 0 saturated carbocycles. The number of nitrogens with zero attached hydrogens (tertiary/aromatic N) is 3. The van der Waals surface area contributed by atoms with E-state index >= 15 is 0 Å². The Hall–Kier alpha value is -1.45. The lowest BCUT2D eigenvalue weighted by atomic mass is 10.1. The molecule has 6 nitrogen and oxygen atoms in total. The molecule has 0 aliphatic rings. The first kappa shape index (κ1) is 19.3. The maximum Gasteiger partial charge on any atom is 0.243 e. The minimum Gasteiger partial charge on any atom is -0.249 e. The Bertz CT molecular complexity index is 1000. The van der Waals surface area contributed by atoms with Gasteiger partial charge in [0.05, 0.1) is 16.6 Å². The Balaban J connectivity index is 1.83. The average molecular weight is 476 g/mol. The van der Waals surface area contributed by atoms with Gasteiger partial charge in [-0.3, -0.25) is 0 Å². The molecule has 2 aromatic carbocycles. The molecule has 136 valence electrons. The summed E-state index contributed by atoms with van der Waals surface area (Å²) >= 11 is 15.4. The molecule has 0 aliphatic carbocycles. The number of nitrogens with one attached hydrogen (secondary N) is 1. The summed E-state index contributed by atoms with van der Waals surface area (Å²) in [6.07, 6.45) is 3.05. The molecule has 0 saturated heterocycles. The summed E-state index contributed by atoms with van der Waals surface area (Å²) in [5.74, 6) is 0. The minimum atomic E-state index is -3.88. The van der Waals surface area contributed by atoms with Crippen molar-refractivity contribution < 1.29 is 8.42 Å². The molecule has 3 rings (SSSR count). The van der Waals surface area contributed by atoms with Crippen molar-refractivity contribution in [1.82, 2.24) is 19.5 Å². The average Bonchev–Trinajstić information content (AvgIpc) is 3.06. The molecular weight excluding hydrogens is 463 g/mol. The first-order valence-electron chi connectivity index (χ1n) is 7.40. The fourth-order valence-electron chi connectivity index (χ4n) is 2.40. The van der Waals surface area contributed by atoms with E-state index in [0.29, 0.717) is 11.0 Å². The molecule has 0 radical (unpaired) electrons. The second kappa shape index (κ2) is 8.06. The molecule has 3 aromatic rings. The molecule has 0 spiro atoms. The summed E-state index contributed by atoms with van der Waals surface area (Å²) in [6.45, 7) is 0.577. The molecule has 0 atom stereocenters. The molecule has 1 heterocycles. The van der Waals surface area contributed by atoms with Crippen molar-refractivity contribution in [2.45, 2.75) is 18.0 Å². The van der Waals surface area contributed by atoms with Gasteiger partial charge in [-0.05, 0) is 23.3 Å². The van der Waals surface area contributed by atoms with Crippen molar-refractivity contribution in [3.05, 3.63) is 74.7 Å². The molecule has 0 bridgehead atoms. The molecule has 0 unspecified atom stereocenters. The largest absolute Gasteiger partial charge is 0.249 e. The van der Waals surface area contributed by atoms with Crippen LogP contribution >= 0.6 is 39.1 Å². The van der Waals surface area contributed by atoms with Gasteiger partial charge in [-0.1, -0.05) is 63.4 Å². The van der Waals surface area contributed by atoms with Crippen molar-refractivity contribution in [2.24, 2.45) is 0 Å². The highest BCUT2D eigenvalue weighted by Gasteiger charge is 2.22. The number of halogens is 3. The first-order valence-corrected chi connectivity index (χ1v) is 10.4. The van der Waals surface area contributed by atoms with Gasteiger partial charge < -0.3 is 0 Å². The van der Waals surface area contributed by atoms with Gasteiger partial charge in [0, 0.05) is 11.0 Å². The highest BCUT2D eigenvalue weighted by atomic mass is 79.9. The lowest BCUT2D eigenvalue weighted by Gasteiger charge is -2.13. The molecule has 0 amide bonds. The van der Waals surface area contributed by atoms with Gasteiger partial charge in [-0.15, -0.1) is 0 Å². The smallest absolute Gasteiger partial charge is 0.243 e. The van der Waals surface area contributed by atoms with Crippen molar-refractivity contribution in [3.63, 3.8) is 0 Å².